The number of hydrogen-bond acceptors (Lipinski definition) is 2. The van der Waals surface area contributed by atoms with Gasteiger partial charge in [0.15, 0.2) is 0 Å². The molecule has 0 rings (SSSR count). The van der Waals surface area contributed by atoms with Crippen molar-refractivity contribution in [3.63, 3.8) is 0 Å². The maximum atomic E-state index is 9.19. The Hall–Kier alpha value is 0.830. The summed E-state index contributed by atoms with van der Waals surface area (Å²) in [6.45, 7) is 0. The molecule has 0 unspecified atom stereocenters. The third-order valence-electron chi connectivity index (χ3n) is 0. The first kappa shape index (κ1) is 23.2. The van der Waals surface area contributed by atoms with Gasteiger partial charge < -0.3 is 11.0 Å². The summed E-state index contributed by atoms with van der Waals surface area (Å²) < 4.78 is 25.9. The molecule has 0 aromatic carbocycles. The molecule has 0 radical (unpaired) electrons. The Labute approximate surface area is 69.7 Å². The van der Waals surface area contributed by atoms with E-state index in [0.717, 1.165) is 0 Å². The first-order valence-corrected chi connectivity index (χ1v) is 2.77. The summed E-state index contributed by atoms with van der Waals surface area (Å²) in [6, 6.07) is 0. The summed E-state index contributed by atoms with van der Waals surface area (Å²) in [5, 5.41) is 0. The van der Waals surface area contributed by atoms with Crippen LogP contribution in [0.3, 0.4) is 0 Å². The van der Waals surface area contributed by atoms with Crippen molar-refractivity contribution in [2.75, 3.05) is 6.26 Å². The minimum absolute atomic E-state index is 0. The summed E-state index contributed by atoms with van der Waals surface area (Å²) in [7, 11) is -3.67. The Morgan fingerprint density at radius 1 is 1.25 bits per heavy atom. The van der Waals surface area contributed by atoms with E-state index < -0.39 is 10.1 Å². The Balaban J connectivity index is -0.0000000267. The van der Waals surface area contributed by atoms with Crippen LogP contribution < -0.4 is 0 Å². The zero-order valence-corrected chi connectivity index (χ0v) is 4.49. The van der Waals surface area contributed by atoms with Gasteiger partial charge in [-0.15, -0.1) is 0 Å². The van der Waals surface area contributed by atoms with Gasteiger partial charge in [-0.25, -0.2) is 0 Å². The maximum absolute atomic E-state index is 9.19. The van der Waals surface area contributed by atoms with Crippen molar-refractivity contribution in [3.8, 4) is 0 Å². The molecule has 0 bridgehead atoms. The van der Waals surface area contributed by atoms with Crippen molar-refractivity contribution >= 4 is 39.7 Å². The van der Waals surface area contributed by atoms with E-state index in [9.17, 15) is 8.42 Å². The summed E-state index contributed by atoms with van der Waals surface area (Å²) in [6.07, 6.45) is 0.715. The molecule has 8 heavy (non-hydrogen) atoms. The summed E-state index contributed by atoms with van der Waals surface area (Å²) in [4.78, 5) is 0. The van der Waals surface area contributed by atoms with Crippen molar-refractivity contribution in [2.45, 2.75) is 0 Å². The van der Waals surface area contributed by atoms with Gasteiger partial charge >= 0.3 is 29.6 Å². The molecule has 0 amide bonds. The molecule has 0 saturated carbocycles. The monoisotopic (exact) mass is 156 g/mol. The molecule has 0 aromatic heterocycles. The van der Waals surface area contributed by atoms with E-state index in [-0.39, 0.29) is 40.5 Å². The summed E-state index contributed by atoms with van der Waals surface area (Å²) in [5.74, 6) is 0. The van der Waals surface area contributed by atoms with Gasteiger partial charge in [-0.3, -0.25) is 4.55 Å². The van der Waals surface area contributed by atoms with Gasteiger partial charge in [-0.05, 0) is 0 Å². The second kappa shape index (κ2) is 7.83. The average Bonchev–Trinajstić information content (AvgIpc) is 0.722. The molecule has 5 N–H and O–H groups in total. The van der Waals surface area contributed by atoms with Crippen molar-refractivity contribution in [1.29, 1.82) is 0 Å². The quantitative estimate of drug-likeness (QED) is 0.301. The molecule has 0 heterocycles. The first-order valence-electron chi connectivity index (χ1n) is 0.924. The van der Waals surface area contributed by atoms with Gasteiger partial charge in [0.05, 0.1) is 6.26 Å². The van der Waals surface area contributed by atoms with Crippen molar-refractivity contribution < 1.29 is 23.9 Å². The van der Waals surface area contributed by atoms with Crippen LogP contribution >= 0.6 is 0 Å². The van der Waals surface area contributed by atoms with Crippen molar-refractivity contribution in [1.82, 2.24) is 0 Å². The van der Waals surface area contributed by atoms with Crippen LogP contribution in [0, 0.1) is 0 Å². The molecular weight excluding hydrogens is 147 g/mol. The molecule has 0 aromatic rings. The molecule has 0 fully saturated rings. The third-order valence-corrected chi connectivity index (χ3v) is 0. The van der Waals surface area contributed by atoms with Crippen LogP contribution in [0.1, 0.15) is 0 Å². The molecule has 0 atom stereocenters. The topological polar surface area (TPSA) is 117 Å². The van der Waals surface area contributed by atoms with Crippen LogP contribution in [-0.2, 0) is 10.1 Å². The van der Waals surface area contributed by atoms with Gasteiger partial charge in [-0.1, -0.05) is 0 Å². The first-order chi connectivity index (χ1) is 2.00. The Morgan fingerprint density at radius 3 is 1.25 bits per heavy atom. The normalized spacial score (nSPS) is 7.25. The van der Waals surface area contributed by atoms with Crippen LogP contribution in [0.15, 0.2) is 0 Å². The van der Waals surface area contributed by atoms with E-state index in [1.54, 1.807) is 0 Å². The van der Waals surface area contributed by atoms with Gasteiger partial charge in [-0.2, -0.15) is 8.42 Å². The van der Waals surface area contributed by atoms with Crippen LogP contribution in [0.2, 0.25) is 0 Å². The molecule has 0 aliphatic rings. The zero-order valence-electron chi connectivity index (χ0n) is 3.67. The Bertz CT molecular complexity index is 95.6. The minimum atomic E-state index is -3.67. The van der Waals surface area contributed by atoms with E-state index in [4.69, 9.17) is 4.55 Å². The fourth-order valence-corrected chi connectivity index (χ4v) is 0. The van der Waals surface area contributed by atoms with E-state index in [2.05, 4.69) is 0 Å². The van der Waals surface area contributed by atoms with Crippen molar-refractivity contribution in [2.24, 2.45) is 0 Å². The van der Waals surface area contributed by atoms with E-state index in [1.807, 2.05) is 0 Å². The number of hydrogen-bond donors (Lipinski definition) is 1. The van der Waals surface area contributed by atoms with E-state index in [0.29, 0.717) is 6.26 Å². The molecule has 0 spiro atoms. The fraction of sp³-hybridized carbons (Fsp3) is 1.00. The van der Waals surface area contributed by atoms with E-state index >= 15 is 0 Å². The van der Waals surface area contributed by atoms with Gasteiger partial charge in [0.1, 0.15) is 0 Å². The molecule has 0 saturated heterocycles. The van der Waals surface area contributed by atoms with Crippen LogP contribution in [-0.4, -0.2) is 59.7 Å². The zero-order chi connectivity index (χ0) is 4.50. The summed E-state index contributed by atoms with van der Waals surface area (Å²) >= 11 is 0. The molecule has 5 nitrogen and oxygen atoms in total. The predicted molar refractivity (Wildman–Crippen MR) is 31.8 cm³/mol. The Kier molecular flexibility index (Phi) is 22.7. The van der Waals surface area contributed by atoms with Crippen LogP contribution in [0.4, 0.5) is 0 Å². The molecule has 0 aliphatic heterocycles. The average molecular weight is 156 g/mol. The van der Waals surface area contributed by atoms with Crippen molar-refractivity contribution in [3.05, 3.63) is 0 Å². The second-order valence-electron chi connectivity index (χ2n) is 0.733. The van der Waals surface area contributed by atoms with Gasteiger partial charge in [0, 0.05) is 0 Å². The standard InChI is InChI=1S/CH4O3S.Na.2H2O.H/c1-5(2,3)4;;;;/h1H3,(H,2,3,4);;2*1H2;. The molecule has 50 valence electrons. The molecule has 0 aliphatic carbocycles. The molecule has 7 heteroatoms. The van der Waals surface area contributed by atoms with E-state index in [1.165, 1.54) is 0 Å². The third kappa shape index (κ3) is 337. The van der Waals surface area contributed by atoms with Gasteiger partial charge in [0.2, 0.25) is 0 Å². The second-order valence-corrected chi connectivity index (χ2v) is 2.20. The Morgan fingerprint density at radius 2 is 1.25 bits per heavy atom. The van der Waals surface area contributed by atoms with Gasteiger partial charge in [0.25, 0.3) is 10.1 Å². The van der Waals surface area contributed by atoms with Crippen LogP contribution in [0.5, 0.6) is 0 Å². The summed E-state index contributed by atoms with van der Waals surface area (Å²) in [5.41, 5.74) is 0. The predicted octanol–water partition coefficient (Wildman–Crippen LogP) is -2.79. The fourth-order valence-electron chi connectivity index (χ4n) is 0. The van der Waals surface area contributed by atoms with Crippen LogP contribution in [0.25, 0.3) is 0 Å². The number of rotatable bonds is 0. The molecular formula is CH9NaO5S. The SMILES string of the molecule is CS(=O)(=O)O.O.O.[NaH].